The van der Waals surface area contributed by atoms with Gasteiger partial charge in [0.25, 0.3) is 5.91 Å². The number of hydrogen-bond donors (Lipinski definition) is 2. The van der Waals surface area contributed by atoms with Crippen molar-refractivity contribution in [1.82, 2.24) is 9.88 Å². The summed E-state index contributed by atoms with van der Waals surface area (Å²) in [4.78, 5) is 12.2. The Balaban J connectivity index is 1.93. The van der Waals surface area contributed by atoms with Crippen LogP contribution in [0.4, 0.5) is 0 Å². The summed E-state index contributed by atoms with van der Waals surface area (Å²) in [5.74, 6) is -0.246. The third-order valence-corrected chi connectivity index (χ3v) is 4.05. The van der Waals surface area contributed by atoms with Crippen LogP contribution in [0.5, 0.6) is 0 Å². The van der Waals surface area contributed by atoms with Gasteiger partial charge >= 0.3 is 0 Å². The Morgan fingerprint density at radius 1 is 1.47 bits per heavy atom. The molecule has 1 heterocycles. The molecule has 1 aromatic carbocycles. The van der Waals surface area contributed by atoms with Gasteiger partial charge in [-0.2, -0.15) is 0 Å². The number of aryl methyl sites for hydroxylation is 1. The molecular weight excluding hydrogens is 264 g/mol. The van der Waals surface area contributed by atoms with Crippen LogP contribution in [-0.4, -0.2) is 27.7 Å². The number of fused-ring (bicyclic) bond motifs is 1. The van der Waals surface area contributed by atoms with Gasteiger partial charge in [0.2, 0.25) is 0 Å². The molecule has 3 rings (SSSR count). The quantitative estimate of drug-likeness (QED) is 0.903. The van der Waals surface area contributed by atoms with Crippen LogP contribution >= 0.6 is 11.6 Å². The molecule has 0 spiro atoms. The van der Waals surface area contributed by atoms with E-state index in [1.807, 2.05) is 31.3 Å². The minimum absolute atomic E-state index is 0.246. The van der Waals surface area contributed by atoms with E-state index in [1.54, 1.807) is 4.57 Å². The van der Waals surface area contributed by atoms with Crippen molar-refractivity contribution in [2.45, 2.75) is 18.4 Å². The molecule has 2 N–H and O–H groups in total. The zero-order chi connectivity index (χ0) is 13.6. The lowest BCUT2D eigenvalue weighted by molar-refractivity contribution is 0.0889. The molecule has 5 heteroatoms. The van der Waals surface area contributed by atoms with E-state index >= 15 is 0 Å². The zero-order valence-electron chi connectivity index (χ0n) is 10.6. The van der Waals surface area contributed by atoms with Gasteiger partial charge in [-0.05, 0) is 18.9 Å². The Morgan fingerprint density at radius 3 is 2.79 bits per heavy atom. The number of benzene rings is 1. The van der Waals surface area contributed by atoms with Crippen molar-refractivity contribution in [3.8, 4) is 0 Å². The summed E-state index contributed by atoms with van der Waals surface area (Å²) < 4.78 is 1.78. The van der Waals surface area contributed by atoms with E-state index in [-0.39, 0.29) is 12.5 Å². The standard InChI is InChI=1S/C14H15ClN2O2/c1-17-10-5-3-2-4-9(10)11(15)12(17)13(18)16-8-14(19)6-7-14/h2-5,19H,6-8H2,1H3,(H,16,18). The van der Waals surface area contributed by atoms with E-state index in [2.05, 4.69) is 5.32 Å². The normalized spacial score (nSPS) is 16.6. The molecule has 19 heavy (non-hydrogen) atoms. The zero-order valence-corrected chi connectivity index (χ0v) is 11.4. The predicted molar refractivity (Wildman–Crippen MR) is 74.4 cm³/mol. The first-order valence-electron chi connectivity index (χ1n) is 6.25. The maximum absolute atomic E-state index is 12.2. The van der Waals surface area contributed by atoms with Gasteiger partial charge in [-0.1, -0.05) is 29.8 Å². The van der Waals surface area contributed by atoms with Crippen molar-refractivity contribution in [2.75, 3.05) is 6.54 Å². The van der Waals surface area contributed by atoms with Gasteiger partial charge in [0, 0.05) is 24.5 Å². The Morgan fingerprint density at radius 2 is 2.16 bits per heavy atom. The lowest BCUT2D eigenvalue weighted by Crippen LogP contribution is -2.34. The highest BCUT2D eigenvalue weighted by molar-refractivity contribution is 6.38. The third-order valence-electron chi connectivity index (χ3n) is 3.67. The molecule has 1 aliphatic rings. The van der Waals surface area contributed by atoms with Crippen LogP contribution in [-0.2, 0) is 7.05 Å². The van der Waals surface area contributed by atoms with Crippen molar-refractivity contribution < 1.29 is 9.90 Å². The first-order chi connectivity index (χ1) is 9.02. The molecule has 1 aliphatic carbocycles. The maximum atomic E-state index is 12.2. The van der Waals surface area contributed by atoms with E-state index in [4.69, 9.17) is 11.6 Å². The van der Waals surface area contributed by atoms with E-state index in [9.17, 15) is 9.90 Å². The lowest BCUT2D eigenvalue weighted by Gasteiger charge is -2.10. The fraction of sp³-hybridized carbons (Fsp3) is 0.357. The van der Waals surface area contributed by atoms with E-state index in [0.717, 1.165) is 23.7 Å². The molecule has 0 bridgehead atoms. The fourth-order valence-corrected chi connectivity index (χ4v) is 2.62. The molecule has 0 aliphatic heterocycles. The summed E-state index contributed by atoms with van der Waals surface area (Å²) in [5.41, 5.74) is 0.655. The van der Waals surface area contributed by atoms with Gasteiger partial charge in [0.05, 0.1) is 10.6 Å². The average Bonchev–Trinajstić information content (AvgIpc) is 3.09. The second-order valence-electron chi connectivity index (χ2n) is 5.15. The Kier molecular flexibility index (Phi) is 2.80. The molecule has 4 nitrogen and oxygen atoms in total. The van der Waals surface area contributed by atoms with Crippen LogP contribution in [0.25, 0.3) is 10.9 Å². The smallest absolute Gasteiger partial charge is 0.269 e. The van der Waals surface area contributed by atoms with Gasteiger partial charge in [0.15, 0.2) is 0 Å². The largest absolute Gasteiger partial charge is 0.388 e. The van der Waals surface area contributed by atoms with Crippen molar-refractivity contribution in [3.63, 3.8) is 0 Å². The molecular formula is C14H15ClN2O2. The monoisotopic (exact) mass is 278 g/mol. The summed E-state index contributed by atoms with van der Waals surface area (Å²) in [5, 5.41) is 13.8. The van der Waals surface area contributed by atoms with Crippen molar-refractivity contribution in [2.24, 2.45) is 7.05 Å². The maximum Gasteiger partial charge on any atom is 0.269 e. The number of carbonyl (C=O) groups excluding carboxylic acids is 1. The van der Waals surface area contributed by atoms with E-state index < -0.39 is 5.60 Å². The number of carbonyl (C=O) groups is 1. The molecule has 0 unspecified atom stereocenters. The summed E-state index contributed by atoms with van der Waals surface area (Å²) in [6.45, 7) is 0.281. The van der Waals surface area contributed by atoms with Gasteiger partial charge in [-0.15, -0.1) is 0 Å². The molecule has 1 saturated carbocycles. The average molecular weight is 279 g/mol. The van der Waals surface area contributed by atoms with Crippen LogP contribution in [0.2, 0.25) is 5.02 Å². The minimum atomic E-state index is -0.702. The molecule has 2 aromatic rings. The number of para-hydroxylation sites is 1. The van der Waals surface area contributed by atoms with E-state index in [0.29, 0.717) is 10.7 Å². The molecule has 100 valence electrons. The van der Waals surface area contributed by atoms with Gasteiger partial charge < -0.3 is 15.0 Å². The highest BCUT2D eigenvalue weighted by Crippen LogP contribution is 2.34. The first-order valence-corrected chi connectivity index (χ1v) is 6.63. The van der Waals surface area contributed by atoms with Gasteiger partial charge in [0.1, 0.15) is 5.69 Å². The summed E-state index contributed by atoms with van der Waals surface area (Å²) in [6, 6.07) is 7.62. The Bertz CT molecular complexity index is 620. The van der Waals surface area contributed by atoms with Crippen molar-refractivity contribution in [3.05, 3.63) is 35.0 Å². The number of nitrogens with one attached hydrogen (secondary N) is 1. The summed E-state index contributed by atoms with van der Waals surface area (Å²) in [6.07, 6.45) is 1.49. The number of rotatable bonds is 3. The fourth-order valence-electron chi connectivity index (χ4n) is 2.25. The molecule has 1 amide bonds. The van der Waals surface area contributed by atoms with Gasteiger partial charge in [-0.25, -0.2) is 0 Å². The summed E-state index contributed by atoms with van der Waals surface area (Å²) >= 11 is 6.28. The van der Waals surface area contributed by atoms with Crippen LogP contribution < -0.4 is 5.32 Å². The summed E-state index contributed by atoms with van der Waals surface area (Å²) in [7, 11) is 1.81. The van der Waals surface area contributed by atoms with Crippen molar-refractivity contribution >= 4 is 28.4 Å². The molecule has 1 aromatic heterocycles. The number of hydrogen-bond acceptors (Lipinski definition) is 2. The van der Waals surface area contributed by atoms with Gasteiger partial charge in [-0.3, -0.25) is 4.79 Å². The van der Waals surface area contributed by atoms with Crippen LogP contribution in [0.1, 0.15) is 23.3 Å². The highest BCUT2D eigenvalue weighted by atomic mass is 35.5. The second kappa shape index (κ2) is 4.25. The minimum Gasteiger partial charge on any atom is -0.388 e. The number of nitrogens with zero attached hydrogens (tertiary/aromatic N) is 1. The SMILES string of the molecule is Cn1c(C(=O)NCC2(O)CC2)c(Cl)c2ccccc21. The first kappa shape index (κ1) is 12.5. The third kappa shape index (κ3) is 2.11. The Hall–Kier alpha value is -1.52. The molecule has 0 atom stereocenters. The second-order valence-corrected chi connectivity index (χ2v) is 5.52. The molecule has 0 saturated heterocycles. The molecule has 0 radical (unpaired) electrons. The Labute approximate surface area is 116 Å². The van der Waals surface area contributed by atoms with Crippen LogP contribution in [0.3, 0.4) is 0 Å². The van der Waals surface area contributed by atoms with Crippen LogP contribution in [0, 0.1) is 0 Å². The van der Waals surface area contributed by atoms with Crippen molar-refractivity contribution in [1.29, 1.82) is 0 Å². The topological polar surface area (TPSA) is 54.3 Å². The number of halogens is 1. The number of aliphatic hydroxyl groups is 1. The van der Waals surface area contributed by atoms with Crippen LogP contribution in [0.15, 0.2) is 24.3 Å². The van der Waals surface area contributed by atoms with E-state index in [1.165, 1.54) is 0 Å². The number of aromatic nitrogens is 1. The highest BCUT2D eigenvalue weighted by Gasteiger charge is 2.40. The predicted octanol–water partition coefficient (Wildman–Crippen LogP) is 2.09. The number of amides is 1. The molecule has 1 fully saturated rings. The lowest BCUT2D eigenvalue weighted by atomic mass is 10.2.